The monoisotopic (exact) mass is 393 g/mol. The van der Waals surface area contributed by atoms with Crippen molar-refractivity contribution in [3.8, 4) is 0 Å². The lowest BCUT2D eigenvalue weighted by Crippen LogP contribution is -2.23. The van der Waals surface area contributed by atoms with Crippen molar-refractivity contribution in [3.05, 3.63) is 52.6 Å². The van der Waals surface area contributed by atoms with Crippen molar-refractivity contribution >= 4 is 45.2 Å². The second-order valence-corrected chi connectivity index (χ2v) is 6.50. The summed E-state index contributed by atoms with van der Waals surface area (Å²) in [5, 5.41) is 6.29. The average molecular weight is 394 g/mol. The lowest BCUT2D eigenvalue weighted by atomic mass is 10.2. The van der Waals surface area contributed by atoms with E-state index in [1.165, 1.54) is 11.8 Å². The minimum atomic E-state index is -0.156. The molecular weight excluding hydrogens is 378 g/mol. The molecule has 23 heavy (non-hydrogen) atoms. The summed E-state index contributed by atoms with van der Waals surface area (Å²) in [4.78, 5) is 28.0. The molecule has 0 unspecified atom stereocenters. The molecule has 1 aromatic heterocycles. The number of hydrogen-bond donors (Lipinski definition) is 2. The molecule has 0 spiro atoms. The molecule has 7 heteroatoms. The molecule has 5 nitrogen and oxygen atoms in total. The fraction of sp³-hybridized carbons (Fsp3) is 0.188. The lowest BCUT2D eigenvalue weighted by Gasteiger charge is -2.07. The van der Waals surface area contributed by atoms with Crippen LogP contribution in [0.3, 0.4) is 0 Å². The van der Waals surface area contributed by atoms with Crippen molar-refractivity contribution < 1.29 is 9.59 Å². The van der Waals surface area contributed by atoms with Gasteiger partial charge in [0.05, 0.1) is 10.8 Å². The molecule has 1 heterocycles. The number of aromatic nitrogens is 1. The van der Waals surface area contributed by atoms with Gasteiger partial charge >= 0.3 is 0 Å². The molecule has 0 aliphatic heterocycles. The molecule has 0 bridgehead atoms. The Hall–Kier alpha value is -1.86. The highest BCUT2D eigenvalue weighted by Crippen LogP contribution is 2.18. The molecule has 2 amide bonds. The largest absolute Gasteiger partial charge is 0.352 e. The van der Waals surface area contributed by atoms with E-state index in [0.717, 1.165) is 9.50 Å². The Morgan fingerprint density at radius 2 is 2.09 bits per heavy atom. The molecule has 2 aromatic rings. The Bertz CT molecular complexity index is 692. The van der Waals surface area contributed by atoms with Crippen LogP contribution in [-0.4, -0.2) is 29.1 Å². The van der Waals surface area contributed by atoms with Crippen LogP contribution >= 0.6 is 27.7 Å². The predicted octanol–water partition coefficient (Wildman–Crippen LogP) is 3.32. The predicted molar refractivity (Wildman–Crippen MR) is 95.7 cm³/mol. The van der Waals surface area contributed by atoms with Crippen LogP contribution in [0.5, 0.6) is 0 Å². The summed E-state index contributed by atoms with van der Waals surface area (Å²) in [5.41, 5.74) is 1.12. The van der Waals surface area contributed by atoms with Crippen molar-refractivity contribution in [1.82, 2.24) is 10.3 Å². The maximum absolute atomic E-state index is 12.0. The number of pyridine rings is 1. The number of hydrogen-bond acceptors (Lipinski definition) is 4. The van der Waals surface area contributed by atoms with Gasteiger partial charge in [0.15, 0.2) is 0 Å². The van der Waals surface area contributed by atoms with Crippen LogP contribution in [0, 0.1) is 0 Å². The van der Waals surface area contributed by atoms with Gasteiger partial charge in [0.1, 0.15) is 0 Å². The summed E-state index contributed by atoms with van der Waals surface area (Å²) >= 11 is 4.67. The topological polar surface area (TPSA) is 71.1 Å². The number of benzene rings is 1. The normalized spacial score (nSPS) is 10.2. The highest BCUT2D eigenvalue weighted by Gasteiger charge is 2.08. The van der Waals surface area contributed by atoms with Gasteiger partial charge in [0, 0.05) is 28.5 Å². The van der Waals surface area contributed by atoms with E-state index in [2.05, 4.69) is 31.5 Å². The molecule has 1 aromatic carbocycles. The molecule has 2 N–H and O–H groups in total. The molecule has 2 rings (SSSR count). The molecule has 120 valence electrons. The van der Waals surface area contributed by atoms with Gasteiger partial charge in [-0.3, -0.25) is 9.59 Å². The molecular formula is C16H16BrN3O2S. The van der Waals surface area contributed by atoms with Crippen molar-refractivity contribution in [2.75, 3.05) is 17.6 Å². The Morgan fingerprint density at radius 1 is 1.26 bits per heavy atom. The number of nitrogens with zero attached hydrogens (tertiary/aromatic N) is 1. The van der Waals surface area contributed by atoms with Gasteiger partial charge < -0.3 is 10.6 Å². The van der Waals surface area contributed by atoms with Crippen molar-refractivity contribution in [3.63, 3.8) is 0 Å². The average Bonchev–Trinajstić information content (AvgIpc) is 2.55. The van der Waals surface area contributed by atoms with Gasteiger partial charge in [-0.05, 0) is 53.2 Å². The van der Waals surface area contributed by atoms with Crippen molar-refractivity contribution in [2.45, 2.75) is 11.9 Å². The third kappa shape index (κ3) is 5.69. The highest BCUT2D eigenvalue weighted by molar-refractivity contribution is 9.10. The zero-order chi connectivity index (χ0) is 16.7. The molecule has 0 atom stereocenters. The van der Waals surface area contributed by atoms with Crippen LogP contribution in [-0.2, 0) is 4.79 Å². The van der Waals surface area contributed by atoms with Gasteiger partial charge in [-0.1, -0.05) is 17.8 Å². The Morgan fingerprint density at radius 3 is 2.78 bits per heavy atom. The highest BCUT2D eigenvalue weighted by atomic mass is 79.9. The maximum Gasteiger partial charge on any atom is 0.251 e. The third-order valence-electron chi connectivity index (χ3n) is 2.80. The van der Waals surface area contributed by atoms with Crippen LogP contribution < -0.4 is 10.6 Å². The van der Waals surface area contributed by atoms with Gasteiger partial charge in [-0.2, -0.15) is 0 Å². The van der Waals surface area contributed by atoms with E-state index in [0.29, 0.717) is 17.8 Å². The van der Waals surface area contributed by atoms with E-state index in [-0.39, 0.29) is 17.6 Å². The van der Waals surface area contributed by atoms with Crippen LogP contribution in [0.4, 0.5) is 5.69 Å². The van der Waals surface area contributed by atoms with Crippen LogP contribution in [0.15, 0.2) is 52.1 Å². The fourth-order valence-electron chi connectivity index (χ4n) is 1.78. The van der Waals surface area contributed by atoms with Crippen molar-refractivity contribution in [2.24, 2.45) is 0 Å². The summed E-state index contributed by atoms with van der Waals surface area (Å²) in [7, 11) is 0. The van der Waals surface area contributed by atoms with E-state index in [1.54, 1.807) is 30.5 Å². The Balaban J connectivity index is 1.91. The second-order valence-electron chi connectivity index (χ2n) is 4.59. The summed E-state index contributed by atoms with van der Waals surface area (Å²) in [6.07, 6.45) is 1.69. The van der Waals surface area contributed by atoms with Gasteiger partial charge in [0.25, 0.3) is 5.91 Å². The maximum atomic E-state index is 12.0. The Kier molecular flexibility index (Phi) is 6.61. The molecule has 0 saturated carbocycles. The van der Waals surface area contributed by atoms with Crippen molar-refractivity contribution in [1.29, 1.82) is 0 Å². The zero-order valence-electron chi connectivity index (χ0n) is 12.5. The number of amides is 2. The minimum absolute atomic E-state index is 0.146. The molecule has 0 radical (unpaired) electrons. The molecule has 0 aliphatic rings. The summed E-state index contributed by atoms with van der Waals surface area (Å²) < 4.78 is 0.897. The zero-order valence-corrected chi connectivity index (χ0v) is 14.9. The van der Waals surface area contributed by atoms with E-state index in [9.17, 15) is 9.59 Å². The first-order valence-corrected chi connectivity index (χ1v) is 8.79. The van der Waals surface area contributed by atoms with Gasteiger partial charge in [-0.15, -0.1) is 0 Å². The van der Waals surface area contributed by atoms with E-state index >= 15 is 0 Å². The van der Waals surface area contributed by atoms with E-state index in [4.69, 9.17) is 0 Å². The standard InChI is InChI=1S/C16H16BrN3O2S/c1-2-18-16(22)11-4-3-5-13(8-11)20-14(21)10-23-15-7-6-12(17)9-19-15/h3-9H,2,10H2,1H3,(H,18,22)(H,20,21). The number of carbonyl (C=O) groups excluding carboxylic acids is 2. The molecule has 0 aliphatic carbocycles. The van der Waals surface area contributed by atoms with Crippen LogP contribution in [0.25, 0.3) is 0 Å². The van der Waals surface area contributed by atoms with Gasteiger partial charge in [-0.25, -0.2) is 4.98 Å². The van der Waals surface area contributed by atoms with Crippen LogP contribution in [0.1, 0.15) is 17.3 Å². The number of anilines is 1. The summed E-state index contributed by atoms with van der Waals surface area (Å²) in [5.74, 6) is -0.0511. The van der Waals surface area contributed by atoms with Crippen LogP contribution in [0.2, 0.25) is 0 Å². The Labute approximate surface area is 147 Å². The van der Waals surface area contributed by atoms with E-state index < -0.39 is 0 Å². The number of nitrogens with one attached hydrogen (secondary N) is 2. The number of carbonyl (C=O) groups is 2. The first-order valence-electron chi connectivity index (χ1n) is 7.01. The lowest BCUT2D eigenvalue weighted by molar-refractivity contribution is -0.113. The minimum Gasteiger partial charge on any atom is -0.352 e. The number of rotatable bonds is 6. The molecule has 0 fully saturated rings. The summed E-state index contributed by atoms with van der Waals surface area (Å²) in [6.45, 7) is 2.42. The fourth-order valence-corrected chi connectivity index (χ4v) is 2.66. The summed E-state index contributed by atoms with van der Waals surface area (Å²) in [6, 6.07) is 10.6. The van der Waals surface area contributed by atoms with E-state index in [1.807, 2.05) is 19.1 Å². The number of halogens is 1. The quantitative estimate of drug-likeness (QED) is 0.738. The van der Waals surface area contributed by atoms with Gasteiger partial charge in [0.2, 0.25) is 5.91 Å². The molecule has 0 saturated heterocycles. The smallest absolute Gasteiger partial charge is 0.251 e. The SMILES string of the molecule is CCNC(=O)c1cccc(NC(=O)CSc2ccc(Br)cn2)c1. The first kappa shape index (κ1) is 17.5. The third-order valence-corrected chi connectivity index (χ3v) is 4.21. The second kappa shape index (κ2) is 8.69. The first-order chi connectivity index (χ1) is 11.1. The number of thioether (sulfide) groups is 1.